The zero-order chi connectivity index (χ0) is 11.7. The fourth-order valence-corrected chi connectivity index (χ4v) is 1.53. The number of aromatic nitrogens is 4. The van der Waals surface area contributed by atoms with Crippen LogP contribution in [0.4, 0.5) is 0 Å². The van der Waals surface area contributed by atoms with E-state index in [9.17, 15) is 0 Å². The molecule has 5 nitrogen and oxygen atoms in total. The molecule has 0 aliphatic heterocycles. The number of aryl methyl sites for hydroxylation is 1. The summed E-state index contributed by atoms with van der Waals surface area (Å²) in [6.45, 7) is 4.16. The third kappa shape index (κ3) is 1.99. The fourth-order valence-electron chi connectivity index (χ4n) is 1.53. The molecule has 0 radical (unpaired) electrons. The number of rotatable bonds is 3. The molecule has 2 heterocycles. The molecule has 1 atom stereocenters. The van der Waals surface area contributed by atoms with Crippen LogP contribution in [0.2, 0.25) is 0 Å². The summed E-state index contributed by atoms with van der Waals surface area (Å²) < 4.78 is 1.76. The Morgan fingerprint density at radius 1 is 1.38 bits per heavy atom. The van der Waals surface area contributed by atoms with Crippen molar-refractivity contribution < 1.29 is 0 Å². The van der Waals surface area contributed by atoms with Gasteiger partial charge in [-0.2, -0.15) is 5.10 Å². The summed E-state index contributed by atoms with van der Waals surface area (Å²) >= 11 is 0. The van der Waals surface area contributed by atoms with Crippen LogP contribution in [-0.2, 0) is 7.05 Å². The lowest BCUT2D eigenvalue weighted by atomic mass is 10.1. The first-order valence-electron chi connectivity index (χ1n) is 5.37. The van der Waals surface area contributed by atoms with E-state index in [2.05, 4.69) is 28.9 Å². The normalized spacial score (nSPS) is 13.3. The second kappa shape index (κ2) is 4.09. The van der Waals surface area contributed by atoms with Crippen LogP contribution in [0.15, 0.2) is 18.6 Å². The molecule has 0 aliphatic carbocycles. The molecule has 5 heteroatoms. The molecule has 16 heavy (non-hydrogen) atoms. The predicted molar refractivity (Wildman–Crippen MR) is 62.6 cm³/mol. The largest absolute Gasteiger partial charge is 0.341 e. The molecule has 2 aromatic heterocycles. The van der Waals surface area contributed by atoms with Crippen LogP contribution in [0.3, 0.4) is 0 Å². The van der Waals surface area contributed by atoms with E-state index in [1.54, 1.807) is 17.1 Å². The highest BCUT2D eigenvalue weighted by molar-refractivity contribution is 5.56. The number of hydrogen-bond donors (Lipinski definition) is 2. The topological polar surface area (TPSA) is 72.5 Å². The van der Waals surface area contributed by atoms with Crippen LogP contribution in [0.25, 0.3) is 11.3 Å². The Morgan fingerprint density at radius 3 is 2.69 bits per heavy atom. The van der Waals surface area contributed by atoms with E-state index < -0.39 is 0 Å². The van der Waals surface area contributed by atoms with Gasteiger partial charge in [0, 0.05) is 18.8 Å². The maximum atomic E-state index is 6.02. The van der Waals surface area contributed by atoms with Gasteiger partial charge < -0.3 is 10.7 Å². The van der Waals surface area contributed by atoms with Gasteiger partial charge in [0.1, 0.15) is 5.82 Å². The summed E-state index contributed by atoms with van der Waals surface area (Å²) in [6.07, 6.45) is 5.55. The Kier molecular flexibility index (Phi) is 2.78. The second-order valence-corrected chi connectivity index (χ2v) is 4.35. The van der Waals surface area contributed by atoms with Gasteiger partial charge in [-0.05, 0) is 5.92 Å². The van der Waals surface area contributed by atoms with Crippen molar-refractivity contribution in [2.24, 2.45) is 18.7 Å². The third-order valence-corrected chi connectivity index (χ3v) is 2.65. The average Bonchev–Trinajstić information content (AvgIpc) is 2.84. The molecule has 0 aliphatic rings. The van der Waals surface area contributed by atoms with Crippen LogP contribution in [-0.4, -0.2) is 19.7 Å². The molecule has 0 bridgehead atoms. The predicted octanol–water partition coefficient (Wildman–Crippen LogP) is 1.47. The first-order chi connectivity index (χ1) is 7.58. The van der Waals surface area contributed by atoms with Gasteiger partial charge in [-0.25, -0.2) is 4.98 Å². The van der Waals surface area contributed by atoms with Gasteiger partial charge in [-0.15, -0.1) is 0 Å². The van der Waals surface area contributed by atoms with Gasteiger partial charge >= 0.3 is 0 Å². The van der Waals surface area contributed by atoms with E-state index >= 15 is 0 Å². The number of imidazole rings is 1. The summed E-state index contributed by atoms with van der Waals surface area (Å²) in [5, 5.41) is 4.12. The summed E-state index contributed by atoms with van der Waals surface area (Å²) in [4.78, 5) is 7.54. The van der Waals surface area contributed by atoms with Crippen molar-refractivity contribution >= 4 is 0 Å². The lowest BCUT2D eigenvalue weighted by Crippen LogP contribution is -2.18. The SMILES string of the molecule is CC(C)C(N)c1ncc(-c2cnn(C)c2)[nH]1. The molecule has 0 saturated heterocycles. The number of hydrogen-bond acceptors (Lipinski definition) is 3. The fraction of sp³-hybridized carbons (Fsp3) is 0.455. The highest BCUT2D eigenvalue weighted by Crippen LogP contribution is 2.20. The molecule has 2 rings (SSSR count). The monoisotopic (exact) mass is 219 g/mol. The molecule has 0 aromatic carbocycles. The smallest absolute Gasteiger partial charge is 0.123 e. The molecule has 0 fully saturated rings. The number of nitrogens with two attached hydrogens (primary N) is 1. The maximum absolute atomic E-state index is 6.02. The van der Waals surface area contributed by atoms with Crippen molar-refractivity contribution in [1.29, 1.82) is 0 Å². The van der Waals surface area contributed by atoms with E-state index in [0.717, 1.165) is 17.1 Å². The van der Waals surface area contributed by atoms with E-state index in [1.807, 2.05) is 13.2 Å². The summed E-state index contributed by atoms with van der Waals surface area (Å²) in [5.74, 6) is 1.20. The molecule has 0 amide bonds. The minimum Gasteiger partial charge on any atom is -0.341 e. The van der Waals surface area contributed by atoms with Crippen molar-refractivity contribution in [3.63, 3.8) is 0 Å². The molecule has 2 aromatic rings. The molecule has 0 saturated carbocycles. The van der Waals surface area contributed by atoms with Crippen molar-refractivity contribution in [3.8, 4) is 11.3 Å². The minimum absolute atomic E-state index is 0.0505. The Labute approximate surface area is 94.7 Å². The van der Waals surface area contributed by atoms with E-state index in [4.69, 9.17) is 5.73 Å². The van der Waals surface area contributed by atoms with Crippen molar-refractivity contribution in [1.82, 2.24) is 19.7 Å². The number of aromatic amines is 1. The van der Waals surface area contributed by atoms with E-state index in [0.29, 0.717) is 5.92 Å². The Balaban J connectivity index is 2.26. The van der Waals surface area contributed by atoms with Crippen molar-refractivity contribution in [3.05, 3.63) is 24.4 Å². The van der Waals surface area contributed by atoms with Crippen LogP contribution in [0.5, 0.6) is 0 Å². The zero-order valence-electron chi connectivity index (χ0n) is 9.81. The Hall–Kier alpha value is -1.62. The third-order valence-electron chi connectivity index (χ3n) is 2.65. The number of H-pyrrole nitrogens is 1. The first-order valence-corrected chi connectivity index (χ1v) is 5.37. The van der Waals surface area contributed by atoms with Gasteiger partial charge in [-0.3, -0.25) is 4.68 Å². The lowest BCUT2D eigenvalue weighted by molar-refractivity contribution is 0.494. The van der Waals surface area contributed by atoms with Gasteiger partial charge in [0.25, 0.3) is 0 Å². The molecule has 3 N–H and O–H groups in total. The van der Waals surface area contributed by atoms with Gasteiger partial charge in [0.05, 0.1) is 24.1 Å². The van der Waals surface area contributed by atoms with Gasteiger partial charge in [0.2, 0.25) is 0 Å². The van der Waals surface area contributed by atoms with Crippen molar-refractivity contribution in [2.75, 3.05) is 0 Å². The molecule has 86 valence electrons. The highest BCUT2D eigenvalue weighted by Gasteiger charge is 2.14. The minimum atomic E-state index is -0.0505. The summed E-state index contributed by atoms with van der Waals surface area (Å²) in [6, 6.07) is -0.0505. The number of nitrogens with one attached hydrogen (secondary N) is 1. The van der Waals surface area contributed by atoms with Gasteiger partial charge in [0.15, 0.2) is 0 Å². The van der Waals surface area contributed by atoms with Gasteiger partial charge in [-0.1, -0.05) is 13.8 Å². The van der Waals surface area contributed by atoms with Crippen LogP contribution < -0.4 is 5.73 Å². The van der Waals surface area contributed by atoms with E-state index in [-0.39, 0.29) is 6.04 Å². The Bertz CT molecular complexity index is 468. The molecular formula is C11H17N5. The second-order valence-electron chi connectivity index (χ2n) is 4.35. The number of nitrogens with zero attached hydrogens (tertiary/aromatic N) is 3. The molecular weight excluding hydrogens is 202 g/mol. The summed E-state index contributed by atoms with van der Waals surface area (Å²) in [7, 11) is 1.89. The standard InChI is InChI=1S/C11H17N5/c1-7(2)10(12)11-13-5-9(15-11)8-4-14-16(3)6-8/h4-7,10H,12H2,1-3H3,(H,13,15). The maximum Gasteiger partial charge on any atom is 0.123 e. The zero-order valence-corrected chi connectivity index (χ0v) is 9.81. The van der Waals surface area contributed by atoms with Crippen LogP contribution >= 0.6 is 0 Å². The molecule has 0 spiro atoms. The van der Waals surface area contributed by atoms with E-state index in [1.165, 1.54) is 0 Å². The Morgan fingerprint density at radius 2 is 2.12 bits per heavy atom. The average molecular weight is 219 g/mol. The van der Waals surface area contributed by atoms with Crippen molar-refractivity contribution in [2.45, 2.75) is 19.9 Å². The quantitative estimate of drug-likeness (QED) is 0.821. The lowest BCUT2D eigenvalue weighted by Gasteiger charge is -2.11. The van der Waals surface area contributed by atoms with Crippen LogP contribution in [0, 0.1) is 5.92 Å². The summed E-state index contributed by atoms with van der Waals surface area (Å²) in [5.41, 5.74) is 8.00. The highest BCUT2D eigenvalue weighted by atomic mass is 15.2. The van der Waals surface area contributed by atoms with Crippen LogP contribution in [0.1, 0.15) is 25.7 Å². The molecule has 1 unspecified atom stereocenters. The first kappa shape index (κ1) is 10.9.